The molecule has 1 fully saturated rings. The number of hydrogen-bond donors (Lipinski definition) is 0. The van der Waals surface area contributed by atoms with Gasteiger partial charge in [-0.25, -0.2) is 0 Å². The van der Waals surface area contributed by atoms with E-state index in [-0.39, 0.29) is 29.3 Å². The highest BCUT2D eigenvalue weighted by Crippen LogP contribution is 2.59. The van der Waals surface area contributed by atoms with Gasteiger partial charge >= 0.3 is 0 Å². The van der Waals surface area contributed by atoms with Crippen molar-refractivity contribution in [2.75, 3.05) is 19.0 Å². The van der Waals surface area contributed by atoms with Crippen molar-refractivity contribution in [2.45, 2.75) is 38.5 Å². The van der Waals surface area contributed by atoms with Crippen LogP contribution in [-0.4, -0.2) is 36.3 Å². The van der Waals surface area contributed by atoms with Crippen LogP contribution in [0.15, 0.2) is 89.9 Å². The fourth-order valence-electron chi connectivity index (χ4n) is 7.55. The minimum atomic E-state index is 0.0923. The van der Waals surface area contributed by atoms with Gasteiger partial charge in [0.2, 0.25) is 0 Å². The van der Waals surface area contributed by atoms with Crippen LogP contribution >= 0.6 is 35.3 Å². The summed E-state index contributed by atoms with van der Waals surface area (Å²) in [5, 5.41) is 0. The molecule has 6 bridgehead atoms. The van der Waals surface area contributed by atoms with E-state index in [0.29, 0.717) is 39.1 Å². The summed E-state index contributed by atoms with van der Waals surface area (Å²) in [4.78, 5) is 42.7. The molecular formula is C34H32O4S3. The highest BCUT2D eigenvalue weighted by molar-refractivity contribution is 8.12. The monoisotopic (exact) mass is 600 g/mol. The second-order valence-corrected chi connectivity index (χ2v) is 15.2. The van der Waals surface area contributed by atoms with Crippen LogP contribution in [0.5, 0.6) is 0 Å². The van der Waals surface area contributed by atoms with Gasteiger partial charge in [-0.1, -0.05) is 72.1 Å². The Morgan fingerprint density at radius 3 is 1.63 bits per heavy atom. The lowest BCUT2D eigenvalue weighted by Gasteiger charge is -2.31. The van der Waals surface area contributed by atoms with Crippen LogP contribution in [0.2, 0.25) is 0 Å². The quantitative estimate of drug-likeness (QED) is 0.214. The van der Waals surface area contributed by atoms with E-state index in [1.165, 1.54) is 41.1 Å². The number of Topliss-reactive ketones (excluding diaryl/α,β-unsaturated/α-hetero) is 3. The van der Waals surface area contributed by atoms with E-state index in [0.717, 1.165) is 42.1 Å². The first-order chi connectivity index (χ1) is 20.1. The molecule has 7 heteroatoms. The van der Waals surface area contributed by atoms with E-state index in [2.05, 4.69) is 48.6 Å². The Kier molecular flexibility index (Phi) is 6.86. The second kappa shape index (κ2) is 10.6. The number of thioether (sulfide) groups is 3. The lowest BCUT2D eigenvalue weighted by atomic mass is 9.75. The minimum absolute atomic E-state index is 0.0923. The van der Waals surface area contributed by atoms with Gasteiger partial charge < -0.3 is 4.74 Å². The Morgan fingerprint density at radius 1 is 0.561 bits per heavy atom. The molecule has 0 aromatic rings. The molecule has 4 heterocycles. The van der Waals surface area contributed by atoms with E-state index in [1.54, 1.807) is 35.3 Å². The normalized spacial score (nSPS) is 38.1. The summed E-state index contributed by atoms with van der Waals surface area (Å²) in [5.41, 5.74) is 3.06. The van der Waals surface area contributed by atoms with E-state index in [1.807, 2.05) is 0 Å². The van der Waals surface area contributed by atoms with Gasteiger partial charge in [0.25, 0.3) is 0 Å². The predicted octanol–water partition coefficient (Wildman–Crippen LogP) is 7.26. The third kappa shape index (κ3) is 4.37. The molecule has 13 rings (SSSR count). The summed E-state index contributed by atoms with van der Waals surface area (Å²) in [7, 11) is 0. The van der Waals surface area contributed by atoms with Crippen molar-refractivity contribution in [3.63, 3.8) is 0 Å². The maximum Gasteiger partial charge on any atom is 0.198 e. The molecule has 4 atom stereocenters. The van der Waals surface area contributed by atoms with Crippen LogP contribution in [-0.2, 0) is 19.1 Å². The third-order valence-corrected chi connectivity index (χ3v) is 13.7. The molecule has 41 heavy (non-hydrogen) atoms. The molecule has 0 N–H and O–H groups in total. The maximum atomic E-state index is 13.1. The Hall–Kier alpha value is -2.06. The average Bonchev–Trinajstić information content (AvgIpc) is 3.85. The third-order valence-electron chi connectivity index (χ3n) is 9.65. The Balaban J connectivity index is 0.000000124. The van der Waals surface area contributed by atoms with Crippen molar-refractivity contribution >= 4 is 52.6 Å². The summed E-state index contributed by atoms with van der Waals surface area (Å²) >= 11 is 4.91. The molecule has 0 aromatic carbocycles. The van der Waals surface area contributed by atoms with Crippen LogP contribution in [0.25, 0.3) is 0 Å². The van der Waals surface area contributed by atoms with Crippen molar-refractivity contribution < 1.29 is 19.1 Å². The van der Waals surface area contributed by atoms with Gasteiger partial charge in [-0.15, -0.1) is 11.8 Å². The minimum Gasteiger partial charge on any atom is -0.381 e. The van der Waals surface area contributed by atoms with Gasteiger partial charge in [0.05, 0.1) is 15.6 Å². The fraction of sp³-hybridized carbons (Fsp3) is 0.441. The van der Waals surface area contributed by atoms with E-state index in [9.17, 15) is 14.4 Å². The number of ether oxygens (including phenoxy) is 1. The summed E-state index contributed by atoms with van der Waals surface area (Å²) in [6.07, 6.45) is 24.8. The molecule has 1 saturated heterocycles. The Morgan fingerprint density at radius 2 is 1.10 bits per heavy atom. The van der Waals surface area contributed by atoms with E-state index in [4.69, 9.17) is 4.74 Å². The first-order valence-corrected chi connectivity index (χ1v) is 17.6. The Bertz CT molecular complexity index is 1450. The maximum absolute atomic E-state index is 13.1. The first kappa shape index (κ1) is 26.6. The molecule has 0 aromatic heterocycles. The summed E-state index contributed by atoms with van der Waals surface area (Å²) in [6, 6.07) is 0. The second-order valence-electron chi connectivity index (χ2n) is 12.1. The van der Waals surface area contributed by atoms with Crippen LogP contribution < -0.4 is 0 Å². The molecule has 0 spiro atoms. The van der Waals surface area contributed by atoms with Gasteiger partial charge in [-0.2, -0.15) is 0 Å². The van der Waals surface area contributed by atoms with Gasteiger partial charge in [0.15, 0.2) is 17.3 Å². The topological polar surface area (TPSA) is 60.4 Å². The molecule has 210 valence electrons. The average molecular weight is 601 g/mol. The first-order valence-electron chi connectivity index (χ1n) is 15.0. The number of ketones is 3. The van der Waals surface area contributed by atoms with Gasteiger partial charge in [-0.3, -0.25) is 14.4 Å². The smallest absolute Gasteiger partial charge is 0.198 e. The standard InChI is InChI=1S/C20H14O2S2.C10H10OS.C4H8O/c21-15-13-9-1-5-11(6-2-9)17(13)23-19(15)20-16(22)14-10-3-7-12(8-4-10)18(14)24-20;11-8-5-12-10-7-3-1-6(2-4-7)9(8)10;1-2-4-5-3-1/h1-3,5-7,9-12H,4,8H2;1,3,6-7H,2,4-5H2;1-4H2/b20-19+;;. The number of rotatable bonds is 0. The summed E-state index contributed by atoms with van der Waals surface area (Å²) in [5.74, 6) is 3.38. The Labute approximate surface area is 253 Å². The molecule has 0 saturated carbocycles. The van der Waals surface area contributed by atoms with Crippen molar-refractivity contribution in [1.82, 2.24) is 0 Å². The van der Waals surface area contributed by atoms with Crippen molar-refractivity contribution in [1.29, 1.82) is 0 Å². The highest BCUT2D eigenvalue weighted by atomic mass is 32.2. The zero-order valence-corrected chi connectivity index (χ0v) is 25.3. The van der Waals surface area contributed by atoms with Crippen LogP contribution in [0.1, 0.15) is 38.5 Å². The molecule has 0 amide bonds. The number of fused-ring (bicyclic) bond motifs is 2. The van der Waals surface area contributed by atoms with Gasteiger partial charge in [-0.05, 0) is 43.4 Å². The predicted molar refractivity (Wildman–Crippen MR) is 167 cm³/mol. The van der Waals surface area contributed by atoms with Crippen LogP contribution in [0.4, 0.5) is 0 Å². The van der Waals surface area contributed by atoms with Crippen molar-refractivity contribution in [3.05, 3.63) is 89.9 Å². The molecule has 4 nitrogen and oxygen atoms in total. The van der Waals surface area contributed by atoms with Crippen LogP contribution in [0.3, 0.4) is 0 Å². The number of carbonyl (C=O) groups is 3. The highest BCUT2D eigenvalue weighted by Gasteiger charge is 2.47. The molecule has 4 unspecified atom stereocenters. The fourth-order valence-corrected chi connectivity index (χ4v) is 11.6. The zero-order valence-electron chi connectivity index (χ0n) is 22.8. The molecule has 13 aliphatic rings. The van der Waals surface area contributed by atoms with E-state index < -0.39 is 0 Å². The lowest BCUT2D eigenvalue weighted by molar-refractivity contribution is -0.114. The van der Waals surface area contributed by atoms with Gasteiger partial charge in [0, 0.05) is 75.3 Å². The van der Waals surface area contributed by atoms with Crippen molar-refractivity contribution in [2.24, 2.45) is 35.5 Å². The van der Waals surface area contributed by atoms with E-state index >= 15 is 0 Å². The lowest BCUT2D eigenvalue weighted by Crippen LogP contribution is -2.22. The van der Waals surface area contributed by atoms with Gasteiger partial charge in [0.1, 0.15) is 0 Å². The summed E-state index contributed by atoms with van der Waals surface area (Å²) < 4.78 is 4.94. The van der Waals surface area contributed by atoms with Crippen LogP contribution in [0, 0.1) is 35.5 Å². The zero-order chi connectivity index (χ0) is 27.7. The molecule has 4 aliphatic heterocycles. The SMILES string of the molecule is C1CCOC1.O=C1C2=C(S/C1=C1/SC3=C(C1=O)C1C=CC3CC1)C1C=CC2C=C1.O=C1CSC2=C1C1C=CC2CC1. The number of hydrogen-bond acceptors (Lipinski definition) is 7. The molecular weight excluding hydrogens is 569 g/mol. The largest absolute Gasteiger partial charge is 0.381 e. The molecule has 9 aliphatic carbocycles. The number of allylic oxidation sites excluding steroid dienone is 16. The molecule has 0 radical (unpaired) electrons. The van der Waals surface area contributed by atoms with Crippen molar-refractivity contribution in [3.8, 4) is 0 Å². The summed E-state index contributed by atoms with van der Waals surface area (Å²) in [6.45, 7) is 2.00. The number of carbonyl (C=O) groups excluding carboxylic acids is 3.